The Kier molecular flexibility index (Phi) is 6.26. The fourth-order valence-electron chi connectivity index (χ4n) is 2.22. The summed E-state index contributed by atoms with van der Waals surface area (Å²) < 4.78 is 13.7. The SMILES string of the molecule is NC(=O)CC(NC(=O)c1ccccc1F)C(=O)NCc1ccc(O)cc1. The average molecular weight is 359 g/mol. The van der Waals surface area contributed by atoms with Gasteiger partial charge in [0.25, 0.3) is 5.91 Å². The smallest absolute Gasteiger partial charge is 0.254 e. The third kappa shape index (κ3) is 5.30. The van der Waals surface area contributed by atoms with Gasteiger partial charge in [0.05, 0.1) is 12.0 Å². The van der Waals surface area contributed by atoms with E-state index in [0.29, 0.717) is 5.56 Å². The molecule has 0 fully saturated rings. The number of rotatable bonds is 7. The molecule has 0 saturated carbocycles. The molecule has 0 heterocycles. The normalized spacial score (nSPS) is 11.4. The molecule has 0 spiro atoms. The largest absolute Gasteiger partial charge is 0.508 e. The highest BCUT2D eigenvalue weighted by Gasteiger charge is 2.24. The van der Waals surface area contributed by atoms with Gasteiger partial charge in [0, 0.05) is 6.54 Å². The number of nitrogens with two attached hydrogens (primary N) is 1. The van der Waals surface area contributed by atoms with E-state index < -0.39 is 36.0 Å². The summed E-state index contributed by atoms with van der Waals surface area (Å²) in [6.07, 6.45) is -0.429. The number of halogens is 1. The van der Waals surface area contributed by atoms with Gasteiger partial charge in [-0.15, -0.1) is 0 Å². The van der Waals surface area contributed by atoms with Gasteiger partial charge in [-0.2, -0.15) is 0 Å². The van der Waals surface area contributed by atoms with Crippen LogP contribution in [0.15, 0.2) is 48.5 Å². The van der Waals surface area contributed by atoms with Gasteiger partial charge in [0.2, 0.25) is 11.8 Å². The fourth-order valence-corrected chi connectivity index (χ4v) is 2.22. The second-order valence-electron chi connectivity index (χ2n) is 5.56. The lowest BCUT2D eigenvalue weighted by atomic mass is 10.1. The van der Waals surface area contributed by atoms with Gasteiger partial charge in [0.1, 0.15) is 17.6 Å². The molecule has 0 radical (unpaired) electrons. The molecule has 1 unspecified atom stereocenters. The fraction of sp³-hybridized carbons (Fsp3) is 0.167. The Morgan fingerprint density at radius 2 is 1.73 bits per heavy atom. The maximum absolute atomic E-state index is 13.7. The van der Waals surface area contributed by atoms with Crippen molar-refractivity contribution in [2.75, 3.05) is 0 Å². The van der Waals surface area contributed by atoms with Gasteiger partial charge >= 0.3 is 0 Å². The Hall–Kier alpha value is -3.42. The minimum absolute atomic E-state index is 0.0869. The average Bonchev–Trinajstić information content (AvgIpc) is 2.60. The first kappa shape index (κ1) is 18.9. The molecule has 5 N–H and O–H groups in total. The highest BCUT2D eigenvalue weighted by atomic mass is 19.1. The molecular formula is C18H18FN3O4. The van der Waals surface area contributed by atoms with Crippen LogP contribution < -0.4 is 16.4 Å². The van der Waals surface area contributed by atoms with Crippen LogP contribution in [-0.2, 0) is 16.1 Å². The Balaban J connectivity index is 2.04. The molecule has 0 saturated heterocycles. The van der Waals surface area contributed by atoms with Crippen molar-refractivity contribution in [2.45, 2.75) is 19.0 Å². The lowest BCUT2D eigenvalue weighted by molar-refractivity contribution is -0.127. The number of amides is 3. The summed E-state index contributed by atoms with van der Waals surface area (Å²) >= 11 is 0. The zero-order valence-corrected chi connectivity index (χ0v) is 13.7. The Bertz CT molecular complexity index is 808. The topological polar surface area (TPSA) is 122 Å². The molecule has 0 aliphatic carbocycles. The minimum atomic E-state index is -1.24. The number of aromatic hydroxyl groups is 1. The van der Waals surface area contributed by atoms with Gasteiger partial charge < -0.3 is 21.5 Å². The van der Waals surface area contributed by atoms with Gasteiger partial charge in [-0.3, -0.25) is 14.4 Å². The number of primary amides is 1. The van der Waals surface area contributed by atoms with Gasteiger partial charge in [-0.25, -0.2) is 4.39 Å². The predicted octanol–water partition coefficient (Wildman–Crippen LogP) is 0.821. The summed E-state index contributed by atoms with van der Waals surface area (Å²) in [5.74, 6) is -2.91. The van der Waals surface area contributed by atoms with Gasteiger partial charge in [0.15, 0.2) is 0 Å². The standard InChI is InChI=1S/C18H18FN3O4/c19-14-4-2-1-3-13(14)17(25)22-15(9-16(20)24)18(26)21-10-11-5-7-12(23)8-6-11/h1-8,15,23H,9-10H2,(H2,20,24)(H,21,26)(H,22,25). The van der Waals surface area contributed by atoms with Gasteiger partial charge in [-0.05, 0) is 29.8 Å². The predicted molar refractivity (Wildman–Crippen MR) is 91.4 cm³/mol. The number of hydrogen-bond acceptors (Lipinski definition) is 4. The molecular weight excluding hydrogens is 341 g/mol. The van der Waals surface area contributed by atoms with Crippen LogP contribution in [0.3, 0.4) is 0 Å². The number of benzene rings is 2. The lowest BCUT2D eigenvalue weighted by Crippen LogP contribution is -2.48. The number of phenols is 1. The quantitative estimate of drug-likeness (QED) is 0.585. The van der Waals surface area contributed by atoms with Crippen molar-refractivity contribution in [3.8, 4) is 5.75 Å². The maximum Gasteiger partial charge on any atom is 0.254 e. The molecule has 0 aliphatic heterocycles. The van der Waals surface area contributed by atoms with Gasteiger partial charge in [-0.1, -0.05) is 24.3 Å². The minimum Gasteiger partial charge on any atom is -0.508 e. The van der Waals surface area contributed by atoms with Crippen LogP contribution in [0, 0.1) is 5.82 Å². The first-order chi connectivity index (χ1) is 12.4. The van der Waals surface area contributed by atoms with Crippen LogP contribution in [-0.4, -0.2) is 28.9 Å². The summed E-state index contributed by atoms with van der Waals surface area (Å²) in [4.78, 5) is 35.7. The molecule has 2 aromatic carbocycles. The van der Waals surface area contributed by atoms with Crippen molar-refractivity contribution in [2.24, 2.45) is 5.73 Å². The summed E-state index contributed by atoms with van der Waals surface area (Å²) in [6.45, 7) is 0.115. The van der Waals surface area contributed by atoms with E-state index in [2.05, 4.69) is 10.6 Å². The number of hydrogen-bond donors (Lipinski definition) is 4. The molecule has 8 heteroatoms. The van der Waals surface area contributed by atoms with Crippen LogP contribution in [0.5, 0.6) is 5.75 Å². The number of phenolic OH excluding ortho intramolecular Hbond substituents is 1. The van der Waals surface area contributed by atoms with Crippen LogP contribution in [0.25, 0.3) is 0 Å². The number of carbonyl (C=O) groups excluding carboxylic acids is 3. The van der Waals surface area contributed by atoms with Crippen molar-refractivity contribution in [1.82, 2.24) is 10.6 Å². The first-order valence-corrected chi connectivity index (χ1v) is 7.76. The summed E-state index contributed by atoms with van der Waals surface area (Å²) in [7, 11) is 0. The highest BCUT2D eigenvalue weighted by molar-refractivity contribution is 5.98. The lowest BCUT2D eigenvalue weighted by Gasteiger charge is -2.17. The summed E-state index contributed by atoms with van der Waals surface area (Å²) in [5, 5.41) is 14.1. The molecule has 2 rings (SSSR count). The highest BCUT2D eigenvalue weighted by Crippen LogP contribution is 2.10. The van der Waals surface area contributed by atoms with Crippen molar-refractivity contribution < 1.29 is 23.9 Å². The van der Waals surface area contributed by atoms with Crippen molar-refractivity contribution in [1.29, 1.82) is 0 Å². The van der Waals surface area contributed by atoms with Crippen LogP contribution in [0.1, 0.15) is 22.3 Å². The first-order valence-electron chi connectivity index (χ1n) is 7.76. The van der Waals surface area contributed by atoms with Crippen LogP contribution in [0.4, 0.5) is 4.39 Å². The molecule has 1 atom stereocenters. The molecule has 0 aromatic heterocycles. The number of nitrogens with one attached hydrogen (secondary N) is 2. The summed E-state index contributed by atoms with van der Waals surface area (Å²) in [5.41, 5.74) is 5.59. The van der Waals surface area contributed by atoms with E-state index in [1.165, 1.54) is 30.3 Å². The van der Waals surface area contributed by atoms with Crippen LogP contribution in [0.2, 0.25) is 0 Å². The Morgan fingerprint density at radius 1 is 1.08 bits per heavy atom. The van der Waals surface area contributed by atoms with E-state index >= 15 is 0 Å². The third-order valence-electron chi connectivity index (χ3n) is 3.55. The molecule has 2 aromatic rings. The van der Waals surface area contributed by atoms with E-state index in [1.54, 1.807) is 12.1 Å². The second kappa shape index (κ2) is 8.61. The molecule has 26 heavy (non-hydrogen) atoms. The van der Waals surface area contributed by atoms with Crippen LogP contribution >= 0.6 is 0 Å². The summed E-state index contributed by atoms with van der Waals surface area (Å²) in [6, 6.07) is 10.2. The zero-order chi connectivity index (χ0) is 19.1. The molecule has 136 valence electrons. The van der Waals surface area contributed by atoms with Crippen molar-refractivity contribution >= 4 is 17.7 Å². The maximum atomic E-state index is 13.7. The van der Waals surface area contributed by atoms with Crippen molar-refractivity contribution in [3.05, 3.63) is 65.5 Å². The van der Waals surface area contributed by atoms with E-state index in [1.807, 2.05) is 0 Å². The monoisotopic (exact) mass is 359 g/mol. The Labute approximate surface area is 149 Å². The number of carbonyl (C=O) groups is 3. The third-order valence-corrected chi connectivity index (χ3v) is 3.55. The second-order valence-corrected chi connectivity index (χ2v) is 5.56. The molecule has 7 nitrogen and oxygen atoms in total. The van der Waals surface area contributed by atoms with E-state index in [9.17, 15) is 23.9 Å². The zero-order valence-electron chi connectivity index (χ0n) is 13.7. The molecule has 3 amide bonds. The molecule has 0 bridgehead atoms. The van der Waals surface area contributed by atoms with E-state index in [0.717, 1.165) is 6.07 Å². The Morgan fingerprint density at radius 3 is 2.35 bits per heavy atom. The van der Waals surface area contributed by atoms with E-state index in [4.69, 9.17) is 5.73 Å². The van der Waals surface area contributed by atoms with E-state index in [-0.39, 0.29) is 17.9 Å². The van der Waals surface area contributed by atoms with Crippen molar-refractivity contribution in [3.63, 3.8) is 0 Å². The molecule has 0 aliphatic rings.